The highest BCUT2D eigenvalue weighted by molar-refractivity contribution is 6.33. The average Bonchev–Trinajstić information content (AvgIpc) is 2.31. The Hall–Kier alpha value is -1.80. The monoisotopic (exact) mass is 232 g/mol. The number of benzene rings is 2. The number of aromatic hydroxyl groups is 1. The van der Waals surface area contributed by atoms with Crippen molar-refractivity contribution in [2.75, 3.05) is 0 Å². The van der Waals surface area contributed by atoms with Crippen molar-refractivity contribution in [3.05, 3.63) is 53.1 Å². The molecular formula is C13H9ClO2. The highest BCUT2D eigenvalue weighted by Crippen LogP contribution is 2.29. The van der Waals surface area contributed by atoms with Gasteiger partial charge in [0.1, 0.15) is 12.0 Å². The Morgan fingerprint density at radius 2 is 1.75 bits per heavy atom. The van der Waals surface area contributed by atoms with Crippen molar-refractivity contribution in [3.8, 4) is 16.9 Å². The topological polar surface area (TPSA) is 37.3 Å². The fourth-order valence-corrected chi connectivity index (χ4v) is 1.71. The normalized spacial score (nSPS) is 10.1. The van der Waals surface area contributed by atoms with E-state index in [9.17, 15) is 9.90 Å². The van der Waals surface area contributed by atoms with E-state index in [1.807, 2.05) is 0 Å². The Morgan fingerprint density at radius 3 is 2.38 bits per heavy atom. The molecule has 16 heavy (non-hydrogen) atoms. The Bertz CT molecular complexity index is 518. The summed E-state index contributed by atoms with van der Waals surface area (Å²) in [4.78, 5) is 10.7. The zero-order chi connectivity index (χ0) is 11.5. The summed E-state index contributed by atoms with van der Waals surface area (Å²) < 4.78 is 0. The predicted octanol–water partition coefficient (Wildman–Crippen LogP) is 3.53. The molecule has 0 saturated carbocycles. The average molecular weight is 233 g/mol. The standard InChI is InChI=1S/C13H9ClO2/c14-13-6-1-9(8-15)7-12(13)10-2-4-11(16)5-3-10/h1-8,16H. The second-order valence-corrected chi connectivity index (χ2v) is 3.81. The quantitative estimate of drug-likeness (QED) is 0.805. The molecule has 0 bridgehead atoms. The molecule has 0 heterocycles. The van der Waals surface area contributed by atoms with Crippen LogP contribution in [0.1, 0.15) is 10.4 Å². The number of carbonyl (C=O) groups excluding carboxylic acids is 1. The molecule has 0 atom stereocenters. The molecule has 2 rings (SSSR count). The van der Waals surface area contributed by atoms with Crippen LogP contribution in [0.25, 0.3) is 11.1 Å². The van der Waals surface area contributed by atoms with Crippen molar-refractivity contribution in [1.82, 2.24) is 0 Å². The number of aldehydes is 1. The van der Waals surface area contributed by atoms with Crippen LogP contribution in [0.4, 0.5) is 0 Å². The van der Waals surface area contributed by atoms with Gasteiger partial charge in [-0.15, -0.1) is 0 Å². The summed E-state index contributed by atoms with van der Waals surface area (Å²) in [6.07, 6.45) is 0.778. The van der Waals surface area contributed by atoms with Crippen LogP contribution in [0.3, 0.4) is 0 Å². The van der Waals surface area contributed by atoms with Crippen LogP contribution in [-0.2, 0) is 0 Å². The first kappa shape index (κ1) is 10.7. The first-order valence-electron chi connectivity index (χ1n) is 4.75. The third-order valence-corrected chi connectivity index (χ3v) is 2.63. The molecule has 0 radical (unpaired) electrons. The predicted molar refractivity (Wildman–Crippen MR) is 63.9 cm³/mol. The molecule has 0 unspecified atom stereocenters. The van der Waals surface area contributed by atoms with Gasteiger partial charge < -0.3 is 5.11 Å². The molecule has 0 saturated heterocycles. The van der Waals surface area contributed by atoms with Crippen LogP contribution in [0.15, 0.2) is 42.5 Å². The van der Waals surface area contributed by atoms with Gasteiger partial charge in [-0.2, -0.15) is 0 Å². The van der Waals surface area contributed by atoms with Crippen molar-refractivity contribution in [3.63, 3.8) is 0 Å². The molecule has 0 aliphatic heterocycles. The van der Waals surface area contributed by atoms with E-state index in [1.165, 1.54) is 0 Å². The van der Waals surface area contributed by atoms with Gasteiger partial charge in [-0.3, -0.25) is 4.79 Å². The summed E-state index contributed by atoms with van der Waals surface area (Å²) in [6.45, 7) is 0. The molecule has 0 fully saturated rings. The first-order chi connectivity index (χ1) is 7.70. The lowest BCUT2D eigenvalue weighted by molar-refractivity contribution is 0.112. The van der Waals surface area contributed by atoms with Crippen molar-refractivity contribution >= 4 is 17.9 Å². The van der Waals surface area contributed by atoms with Crippen LogP contribution in [0.5, 0.6) is 5.75 Å². The molecular weight excluding hydrogens is 224 g/mol. The Labute approximate surface area is 98.1 Å². The van der Waals surface area contributed by atoms with Gasteiger partial charge in [-0.05, 0) is 29.8 Å². The lowest BCUT2D eigenvalue weighted by Gasteiger charge is -2.05. The van der Waals surface area contributed by atoms with Gasteiger partial charge in [0.05, 0.1) is 0 Å². The number of phenolic OH excluding ortho intramolecular Hbond substituents is 1. The molecule has 1 N–H and O–H groups in total. The molecule has 0 amide bonds. The van der Waals surface area contributed by atoms with Crippen LogP contribution in [-0.4, -0.2) is 11.4 Å². The van der Waals surface area contributed by atoms with E-state index in [0.717, 1.165) is 17.4 Å². The molecule has 2 aromatic rings. The second kappa shape index (κ2) is 4.37. The zero-order valence-corrected chi connectivity index (χ0v) is 9.11. The van der Waals surface area contributed by atoms with E-state index >= 15 is 0 Å². The number of hydrogen-bond acceptors (Lipinski definition) is 2. The van der Waals surface area contributed by atoms with Crippen molar-refractivity contribution in [2.45, 2.75) is 0 Å². The summed E-state index contributed by atoms with van der Waals surface area (Å²) in [6, 6.07) is 11.8. The van der Waals surface area contributed by atoms with Crippen LogP contribution < -0.4 is 0 Å². The molecule has 80 valence electrons. The molecule has 2 nitrogen and oxygen atoms in total. The van der Waals surface area contributed by atoms with Gasteiger partial charge in [0, 0.05) is 16.1 Å². The third-order valence-electron chi connectivity index (χ3n) is 2.30. The maximum atomic E-state index is 10.7. The molecule has 0 aliphatic carbocycles. The van der Waals surface area contributed by atoms with E-state index < -0.39 is 0 Å². The lowest BCUT2D eigenvalue weighted by Crippen LogP contribution is -1.84. The summed E-state index contributed by atoms with van der Waals surface area (Å²) >= 11 is 6.05. The Balaban J connectivity index is 2.54. The minimum Gasteiger partial charge on any atom is -0.508 e. The largest absolute Gasteiger partial charge is 0.508 e. The number of hydrogen-bond donors (Lipinski definition) is 1. The van der Waals surface area contributed by atoms with Crippen LogP contribution in [0.2, 0.25) is 5.02 Å². The smallest absolute Gasteiger partial charge is 0.150 e. The van der Waals surface area contributed by atoms with E-state index in [1.54, 1.807) is 42.5 Å². The van der Waals surface area contributed by atoms with Crippen molar-refractivity contribution < 1.29 is 9.90 Å². The SMILES string of the molecule is O=Cc1ccc(Cl)c(-c2ccc(O)cc2)c1. The van der Waals surface area contributed by atoms with E-state index in [-0.39, 0.29) is 5.75 Å². The lowest BCUT2D eigenvalue weighted by atomic mass is 10.0. The molecule has 3 heteroatoms. The van der Waals surface area contributed by atoms with Gasteiger partial charge in [-0.1, -0.05) is 29.8 Å². The molecule has 2 aromatic carbocycles. The minimum absolute atomic E-state index is 0.200. The summed E-state index contributed by atoms with van der Waals surface area (Å²) in [7, 11) is 0. The van der Waals surface area contributed by atoms with Gasteiger partial charge in [0.2, 0.25) is 0 Å². The molecule has 0 aliphatic rings. The van der Waals surface area contributed by atoms with Gasteiger partial charge in [0.25, 0.3) is 0 Å². The maximum absolute atomic E-state index is 10.7. The Morgan fingerprint density at radius 1 is 1.06 bits per heavy atom. The summed E-state index contributed by atoms with van der Waals surface area (Å²) in [5.41, 5.74) is 2.23. The summed E-state index contributed by atoms with van der Waals surface area (Å²) in [5, 5.41) is 9.76. The zero-order valence-electron chi connectivity index (χ0n) is 8.35. The number of phenols is 1. The van der Waals surface area contributed by atoms with Gasteiger partial charge in [0.15, 0.2) is 0 Å². The number of rotatable bonds is 2. The second-order valence-electron chi connectivity index (χ2n) is 3.40. The Kier molecular flexibility index (Phi) is 2.93. The van der Waals surface area contributed by atoms with E-state index in [2.05, 4.69) is 0 Å². The third kappa shape index (κ3) is 2.07. The summed E-state index contributed by atoms with van der Waals surface area (Å²) in [5.74, 6) is 0.200. The van der Waals surface area contributed by atoms with Crippen molar-refractivity contribution in [2.24, 2.45) is 0 Å². The minimum atomic E-state index is 0.200. The van der Waals surface area contributed by atoms with Crippen LogP contribution >= 0.6 is 11.6 Å². The fourth-order valence-electron chi connectivity index (χ4n) is 1.48. The van der Waals surface area contributed by atoms with Gasteiger partial charge >= 0.3 is 0 Å². The number of carbonyl (C=O) groups is 1. The van der Waals surface area contributed by atoms with Crippen LogP contribution in [0, 0.1) is 0 Å². The fraction of sp³-hybridized carbons (Fsp3) is 0. The van der Waals surface area contributed by atoms with Gasteiger partial charge in [-0.25, -0.2) is 0 Å². The molecule has 0 aromatic heterocycles. The van der Waals surface area contributed by atoms with E-state index in [4.69, 9.17) is 11.6 Å². The van der Waals surface area contributed by atoms with E-state index in [0.29, 0.717) is 10.6 Å². The highest BCUT2D eigenvalue weighted by Gasteiger charge is 2.04. The molecule has 0 spiro atoms. The van der Waals surface area contributed by atoms with Crippen molar-refractivity contribution in [1.29, 1.82) is 0 Å². The maximum Gasteiger partial charge on any atom is 0.150 e. The number of halogens is 1. The first-order valence-corrected chi connectivity index (χ1v) is 5.12. The highest BCUT2D eigenvalue weighted by atomic mass is 35.5.